The third kappa shape index (κ3) is 8.07. The van der Waals surface area contributed by atoms with E-state index in [1.54, 1.807) is 0 Å². The van der Waals surface area contributed by atoms with Gasteiger partial charge in [0.05, 0.1) is 5.69 Å². The number of hydrogen-bond donors (Lipinski definition) is 0. The van der Waals surface area contributed by atoms with E-state index in [0.29, 0.717) is 0 Å². The first-order chi connectivity index (χ1) is 39.2. The molecule has 370 valence electrons. The summed E-state index contributed by atoms with van der Waals surface area (Å²) in [5.41, 5.74) is 17.6. The number of nitrogens with zero attached hydrogens (tertiary/aromatic N) is 2. The lowest BCUT2D eigenvalue weighted by Gasteiger charge is -2.27. The number of rotatable bonds is 10. The first kappa shape index (κ1) is 45.9. The van der Waals surface area contributed by atoms with Crippen LogP contribution in [0, 0.1) is 0 Å². The van der Waals surface area contributed by atoms with E-state index in [1.807, 2.05) is 12.1 Å². The van der Waals surface area contributed by atoms with E-state index < -0.39 is 0 Å². The molecule has 0 bridgehead atoms. The summed E-state index contributed by atoms with van der Waals surface area (Å²) in [6, 6.07) is 110. The fraction of sp³-hybridized carbons (Fsp3) is 0. The molecule has 15 aromatic rings. The molecule has 0 aliphatic rings. The van der Waals surface area contributed by atoms with Crippen molar-refractivity contribution >= 4 is 99.2 Å². The lowest BCUT2D eigenvalue weighted by molar-refractivity contribution is 0.670. The van der Waals surface area contributed by atoms with Crippen molar-refractivity contribution in [2.45, 2.75) is 0 Å². The largest absolute Gasteiger partial charge is 0.455 e. The van der Waals surface area contributed by atoms with Crippen LogP contribution in [0.2, 0.25) is 0 Å². The third-order valence-electron chi connectivity index (χ3n) is 15.9. The Morgan fingerprint density at radius 1 is 0.203 bits per heavy atom. The van der Waals surface area contributed by atoms with Gasteiger partial charge in [0, 0.05) is 50.2 Å². The van der Waals surface area contributed by atoms with Crippen molar-refractivity contribution < 1.29 is 4.42 Å². The molecule has 0 radical (unpaired) electrons. The molecule has 14 aromatic carbocycles. The summed E-state index contributed by atoms with van der Waals surface area (Å²) in [7, 11) is 0. The lowest BCUT2D eigenvalue weighted by atomic mass is 9.92. The summed E-state index contributed by atoms with van der Waals surface area (Å²) in [6.45, 7) is 0. The quantitative estimate of drug-likeness (QED) is 0.127. The number of anilines is 6. The summed E-state index contributed by atoms with van der Waals surface area (Å²) in [4.78, 5) is 4.72. The topological polar surface area (TPSA) is 19.6 Å². The number of furan rings is 1. The van der Waals surface area contributed by atoms with Crippen LogP contribution in [0.1, 0.15) is 0 Å². The molecule has 0 N–H and O–H groups in total. The van der Waals surface area contributed by atoms with Gasteiger partial charge in [0.15, 0.2) is 0 Å². The van der Waals surface area contributed by atoms with Gasteiger partial charge < -0.3 is 14.2 Å². The van der Waals surface area contributed by atoms with Gasteiger partial charge in [-0.3, -0.25) is 0 Å². The number of hydrogen-bond acceptors (Lipinski definition) is 3. The first-order valence-corrected chi connectivity index (χ1v) is 27.1. The third-order valence-corrected chi connectivity index (χ3v) is 15.9. The molecule has 1 heterocycles. The number of para-hydroxylation sites is 4. The van der Waals surface area contributed by atoms with Gasteiger partial charge in [-0.05, 0) is 156 Å². The van der Waals surface area contributed by atoms with Crippen LogP contribution in [0.3, 0.4) is 0 Å². The molecular weight excluding hydrogens is 957 g/mol. The minimum absolute atomic E-state index is 0.907. The fourth-order valence-electron chi connectivity index (χ4n) is 12.1. The SMILES string of the molecule is c1ccc(N(c2ccccc2)c2ccc(-c3ccc(N(c4ccc(-c5ccc(-c6cccc7c6oc6ccccc67)cc5)cc4)c4ccc(-c5ccc6c7ccccc7c7ccccc7c6c5)cc4)cc3)c3ccccc23)cc1. The van der Waals surface area contributed by atoms with Gasteiger partial charge in [0.25, 0.3) is 0 Å². The Bertz CT molecular complexity index is 4660. The maximum Gasteiger partial charge on any atom is 0.143 e. The van der Waals surface area contributed by atoms with Gasteiger partial charge >= 0.3 is 0 Å². The zero-order chi connectivity index (χ0) is 52.2. The summed E-state index contributed by atoms with van der Waals surface area (Å²) in [5.74, 6) is 0. The molecule has 1 aromatic heterocycles. The van der Waals surface area contributed by atoms with E-state index >= 15 is 0 Å². The van der Waals surface area contributed by atoms with E-state index in [4.69, 9.17) is 4.42 Å². The van der Waals surface area contributed by atoms with E-state index in [2.05, 4.69) is 301 Å². The van der Waals surface area contributed by atoms with E-state index in [1.165, 1.54) is 59.8 Å². The summed E-state index contributed by atoms with van der Waals surface area (Å²) < 4.78 is 6.41. The molecule has 0 amide bonds. The molecule has 0 atom stereocenters. The van der Waals surface area contributed by atoms with Crippen molar-refractivity contribution in [3.05, 3.63) is 303 Å². The molecule has 0 aliphatic carbocycles. The van der Waals surface area contributed by atoms with Crippen LogP contribution in [-0.4, -0.2) is 0 Å². The molecule has 0 fully saturated rings. The average Bonchev–Trinajstić information content (AvgIpc) is 3.97. The van der Waals surface area contributed by atoms with Gasteiger partial charge in [0.2, 0.25) is 0 Å². The summed E-state index contributed by atoms with van der Waals surface area (Å²) >= 11 is 0. The zero-order valence-corrected chi connectivity index (χ0v) is 43.2. The molecule has 3 nitrogen and oxygen atoms in total. The van der Waals surface area contributed by atoms with Gasteiger partial charge in [0.1, 0.15) is 11.2 Å². The predicted octanol–water partition coefficient (Wildman–Crippen LogP) is 21.8. The Hall–Kier alpha value is -10.5. The summed E-state index contributed by atoms with van der Waals surface area (Å²) in [6.07, 6.45) is 0. The Kier molecular flexibility index (Phi) is 11.2. The number of fused-ring (bicyclic) bond motifs is 10. The highest BCUT2D eigenvalue weighted by atomic mass is 16.3. The maximum absolute atomic E-state index is 6.41. The molecule has 0 saturated heterocycles. The molecule has 0 aliphatic heterocycles. The van der Waals surface area contributed by atoms with E-state index in [-0.39, 0.29) is 0 Å². The molecule has 15 rings (SSSR count). The smallest absolute Gasteiger partial charge is 0.143 e. The summed E-state index contributed by atoms with van der Waals surface area (Å²) in [5, 5.41) is 12.3. The molecular formula is C76H50N2O. The highest BCUT2D eigenvalue weighted by Crippen LogP contribution is 2.45. The standard InChI is InChI=1S/C76H50N2O/c1-3-16-57(17-4-1)78(58-18-5-2-6-19-58)74-49-48-62(64-20-11-12-25-70(64)74)54-38-45-61(46-39-54)77(60-43-36-53(37-44-60)56-40-47-69-67-23-8-7-21-65(67)66-22-9-10-24-68(66)73(69)50-56)59-41-34-52(35-42-59)51-30-32-55(33-31-51)63-27-15-28-72-71-26-13-14-29-75(71)79-76(63)72/h1-50H. The second kappa shape index (κ2) is 19.3. The van der Waals surface area contributed by atoms with Gasteiger partial charge in [-0.2, -0.15) is 0 Å². The second-order valence-electron chi connectivity index (χ2n) is 20.4. The van der Waals surface area contributed by atoms with Gasteiger partial charge in [-0.25, -0.2) is 0 Å². The zero-order valence-electron chi connectivity index (χ0n) is 43.2. The molecule has 0 saturated carbocycles. The highest BCUT2D eigenvalue weighted by molar-refractivity contribution is 6.25. The highest BCUT2D eigenvalue weighted by Gasteiger charge is 2.20. The van der Waals surface area contributed by atoms with Crippen molar-refractivity contribution in [1.82, 2.24) is 0 Å². The van der Waals surface area contributed by atoms with Crippen molar-refractivity contribution in [2.75, 3.05) is 9.80 Å². The van der Waals surface area contributed by atoms with Crippen molar-refractivity contribution in [2.24, 2.45) is 0 Å². The molecule has 79 heavy (non-hydrogen) atoms. The predicted molar refractivity (Wildman–Crippen MR) is 335 cm³/mol. The van der Waals surface area contributed by atoms with Crippen molar-refractivity contribution in [3.8, 4) is 44.5 Å². The Labute approximate surface area is 458 Å². The minimum Gasteiger partial charge on any atom is -0.455 e. The normalized spacial score (nSPS) is 11.5. The van der Waals surface area contributed by atoms with Crippen LogP contribution in [0.4, 0.5) is 34.1 Å². The van der Waals surface area contributed by atoms with E-state index in [0.717, 1.165) is 83.9 Å². The van der Waals surface area contributed by atoms with Crippen LogP contribution >= 0.6 is 0 Å². The van der Waals surface area contributed by atoms with Crippen molar-refractivity contribution in [1.29, 1.82) is 0 Å². The lowest BCUT2D eigenvalue weighted by Crippen LogP contribution is -2.10. The van der Waals surface area contributed by atoms with Crippen molar-refractivity contribution in [3.63, 3.8) is 0 Å². The first-order valence-electron chi connectivity index (χ1n) is 27.1. The Balaban J connectivity index is 0.795. The molecule has 0 unspecified atom stereocenters. The van der Waals surface area contributed by atoms with Gasteiger partial charge in [-0.15, -0.1) is 0 Å². The minimum atomic E-state index is 0.907. The number of benzene rings is 14. The second-order valence-corrected chi connectivity index (χ2v) is 20.4. The van der Waals surface area contributed by atoms with Crippen LogP contribution in [0.25, 0.3) is 110 Å². The fourth-order valence-corrected chi connectivity index (χ4v) is 12.1. The average molecular weight is 1010 g/mol. The van der Waals surface area contributed by atoms with E-state index in [9.17, 15) is 0 Å². The molecule has 0 spiro atoms. The van der Waals surface area contributed by atoms with Crippen LogP contribution in [-0.2, 0) is 0 Å². The Morgan fingerprint density at radius 2 is 0.595 bits per heavy atom. The molecule has 3 heteroatoms. The Morgan fingerprint density at radius 3 is 1.18 bits per heavy atom. The van der Waals surface area contributed by atoms with Crippen LogP contribution < -0.4 is 9.80 Å². The monoisotopic (exact) mass is 1010 g/mol. The van der Waals surface area contributed by atoms with Gasteiger partial charge in [-0.1, -0.05) is 224 Å². The van der Waals surface area contributed by atoms with Crippen LogP contribution in [0.15, 0.2) is 308 Å². The maximum atomic E-state index is 6.41. The van der Waals surface area contributed by atoms with Crippen LogP contribution in [0.5, 0.6) is 0 Å².